The molecule has 3 nitrogen and oxygen atoms in total. The van der Waals surface area contributed by atoms with Crippen molar-refractivity contribution >= 4 is 11.6 Å². The van der Waals surface area contributed by atoms with Crippen LogP contribution in [0.5, 0.6) is 5.75 Å². The first-order valence-corrected chi connectivity index (χ1v) is 6.34. The largest absolute Gasteiger partial charge is 0.485 e. The fraction of sp³-hybridized carbons (Fsp3) is 0.188. The van der Waals surface area contributed by atoms with Gasteiger partial charge in [0.05, 0.1) is 0 Å². The van der Waals surface area contributed by atoms with Gasteiger partial charge in [-0.1, -0.05) is 30.3 Å². The highest BCUT2D eigenvalue weighted by molar-refractivity contribution is 5.88. The Bertz CT molecular complexity index is 607. The molecule has 1 N–H and O–H groups in total. The fourth-order valence-corrected chi connectivity index (χ4v) is 2.38. The molecule has 3 heteroatoms. The van der Waals surface area contributed by atoms with Crippen LogP contribution in [0.25, 0.3) is 0 Å². The van der Waals surface area contributed by atoms with E-state index < -0.39 is 0 Å². The SMILES string of the molecule is CC(=O)Nc1ccc2c(c1)CC(c1ccccc1)O2. The van der Waals surface area contributed by atoms with Crippen LogP contribution < -0.4 is 10.1 Å². The normalized spacial score (nSPS) is 16.6. The van der Waals surface area contributed by atoms with E-state index in [-0.39, 0.29) is 12.0 Å². The summed E-state index contributed by atoms with van der Waals surface area (Å²) in [5, 5.41) is 2.79. The van der Waals surface area contributed by atoms with Gasteiger partial charge in [0.1, 0.15) is 11.9 Å². The van der Waals surface area contributed by atoms with E-state index in [2.05, 4.69) is 17.4 Å². The van der Waals surface area contributed by atoms with Crippen LogP contribution in [0.4, 0.5) is 5.69 Å². The Morgan fingerprint density at radius 2 is 2.00 bits per heavy atom. The lowest BCUT2D eigenvalue weighted by molar-refractivity contribution is -0.114. The van der Waals surface area contributed by atoms with E-state index in [4.69, 9.17) is 4.74 Å². The molecule has 1 amide bonds. The molecule has 0 aromatic heterocycles. The maximum absolute atomic E-state index is 11.1. The van der Waals surface area contributed by atoms with E-state index in [1.165, 1.54) is 12.5 Å². The number of nitrogens with one attached hydrogen (secondary N) is 1. The molecule has 0 fully saturated rings. The van der Waals surface area contributed by atoms with Crippen LogP contribution in [0.3, 0.4) is 0 Å². The number of fused-ring (bicyclic) bond motifs is 1. The molecular weight excluding hydrogens is 238 g/mol. The van der Waals surface area contributed by atoms with Crippen molar-refractivity contribution in [2.24, 2.45) is 0 Å². The number of carbonyl (C=O) groups excluding carboxylic acids is 1. The first kappa shape index (κ1) is 11.8. The van der Waals surface area contributed by atoms with Crippen molar-refractivity contribution in [1.29, 1.82) is 0 Å². The smallest absolute Gasteiger partial charge is 0.221 e. The summed E-state index contributed by atoms with van der Waals surface area (Å²) in [6.45, 7) is 1.51. The molecule has 0 bridgehead atoms. The van der Waals surface area contributed by atoms with Crippen molar-refractivity contribution in [3.8, 4) is 5.75 Å². The minimum atomic E-state index is -0.0570. The molecule has 3 rings (SSSR count). The number of anilines is 1. The van der Waals surface area contributed by atoms with Crippen LogP contribution in [0.15, 0.2) is 48.5 Å². The predicted octanol–water partition coefficient (Wildman–Crippen LogP) is 3.32. The van der Waals surface area contributed by atoms with E-state index >= 15 is 0 Å². The number of hydrogen-bond acceptors (Lipinski definition) is 2. The van der Waals surface area contributed by atoms with Crippen LogP contribution >= 0.6 is 0 Å². The van der Waals surface area contributed by atoms with Crippen LogP contribution in [0.1, 0.15) is 24.2 Å². The number of ether oxygens (including phenoxy) is 1. The zero-order valence-corrected chi connectivity index (χ0v) is 10.7. The van der Waals surface area contributed by atoms with Crippen LogP contribution in [0.2, 0.25) is 0 Å². The van der Waals surface area contributed by atoms with E-state index in [1.807, 2.05) is 36.4 Å². The molecule has 1 unspecified atom stereocenters. The summed E-state index contributed by atoms with van der Waals surface area (Å²) in [5.41, 5.74) is 3.14. The van der Waals surface area contributed by atoms with Crippen molar-refractivity contribution in [1.82, 2.24) is 0 Å². The minimum absolute atomic E-state index is 0.0570. The van der Waals surface area contributed by atoms with Gasteiger partial charge in [-0.3, -0.25) is 4.79 Å². The Morgan fingerprint density at radius 3 is 2.74 bits per heavy atom. The quantitative estimate of drug-likeness (QED) is 0.891. The van der Waals surface area contributed by atoms with Gasteiger partial charge in [0, 0.05) is 24.6 Å². The van der Waals surface area contributed by atoms with Gasteiger partial charge < -0.3 is 10.1 Å². The Labute approximate surface area is 112 Å². The van der Waals surface area contributed by atoms with Gasteiger partial charge in [-0.05, 0) is 23.8 Å². The van der Waals surface area contributed by atoms with Crippen LogP contribution in [-0.2, 0) is 11.2 Å². The van der Waals surface area contributed by atoms with Crippen molar-refractivity contribution in [3.05, 3.63) is 59.7 Å². The van der Waals surface area contributed by atoms with Gasteiger partial charge in [-0.2, -0.15) is 0 Å². The van der Waals surface area contributed by atoms with Gasteiger partial charge in [0.25, 0.3) is 0 Å². The number of rotatable bonds is 2. The van der Waals surface area contributed by atoms with E-state index in [0.717, 1.165) is 23.4 Å². The lowest BCUT2D eigenvalue weighted by Crippen LogP contribution is -2.05. The van der Waals surface area contributed by atoms with Gasteiger partial charge in [-0.15, -0.1) is 0 Å². The van der Waals surface area contributed by atoms with Crippen molar-refractivity contribution in [3.63, 3.8) is 0 Å². The molecule has 19 heavy (non-hydrogen) atoms. The summed E-state index contributed by atoms with van der Waals surface area (Å²) in [4.78, 5) is 11.1. The molecule has 1 atom stereocenters. The minimum Gasteiger partial charge on any atom is -0.485 e. The third kappa shape index (κ3) is 2.45. The van der Waals surface area contributed by atoms with Crippen LogP contribution in [0, 0.1) is 0 Å². The summed E-state index contributed by atoms with van der Waals surface area (Å²) in [5.74, 6) is 0.849. The molecule has 2 aromatic carbocycles. The van der Waals surface area contributed by atoms with E-state index in [9.17, 15) is 4.79 Å². The number of amides is 1. The predicted molar refractivity (Wildman–Crippen MR) is 74.3 cm³/mol. The summed E-state index contributed by atoms with van der Waals surface area (Å²) >= 11 is 0. The van der Waals surface area contributed by atoms with Gasteiger partial charge in [-0.25, -0.2) is 0 Å². The highest BCUT2D eigenvalue weighted by Gasteiger charge is 2.24. The highest BCUT2D eigenvalue weighted by atomic mass is 16.5. The molecule has 96 valence electrons. The molecular formula is C16H15NO2. The summed E-state index contributed by atoms with van der Waals surface area (Å²) in [6.07, 6.45) is 0.913. The molecule has 1 heterocycles. The molecule has 0 saturated heterocycles. The molecule has 1 aliphatic heterocycles. The Kier molecular flexibility index (Phi) is 2.95. The van der Waals surface area contributed by atoms with E-state index in [0.29, 0.717) is 0 Å². The molecule has 0 saturated carbocycles. The molecule has 0 aliphatic carbocycles. The number of carbonyl (C=O) groups is 1. The molecule has 0 spiro atoms. The first-order chi connectivity index (χ1) is 9.22. The Hall–Kier alpha value is -2.29. The average Bonchev–Trinajstić information content (AvgIpc) is 2.82. The highest BCUT2D eigenvalue weighted by Crippen LogP contribution is 2.37. The van der Waals surface area contributed by atoms with Crippen molar-refractivity contribution < 1.29 is 9.53 Å². The van der Waals surface area contributed by atoms with Crippen molar-refractivity contribution in [2.75, 3.05) is 5.32 Å². The first-order valence-electron chi connectivity index (χ1n) is 6.34. The average molecular weight is 253 g/mol. The topological polar surface area (TPSA) is 38.3 Å². The third-order valence-electron chi connectivity index (χ3n) is 3.23. The molecule has 2 aromatic rings. The monoisotopic (exact) mass is 253 g/mol. The molecule has 0 radical (unpaired) electrons. The number of benzene rings is 2. The lowest BCUT2D eigenvalue weighted by Gasteiger charge is -2.10. The summed E-state index contributed by atoms with van der Waals surface area (Å²) in [6, 6.07) is 16.0. The van der Waals surface area contributed by atoms with Gasteiger partial charge >= 0.3 is 0 Å². The van der Waals surface area contributed by atoms with E-state index in [1.54, 1.807) is 0 Å². The Morgan fingerprint density at radius 1 is 1.21 bits per heavy atom. The van der Waals surface area contributed by atoms with Crippen molar-refractivity contribution in [2.45, 2.75) is 19.4 Å². The fourth-order valence-electron chi connectivity index (χ4n) is 2.38. The maximum atomic E-state index is 11.1. The second kappa shape index (κ2) is 4.76. The zero-order valence-electron chi connectivity index (χ0n) is 10.7. The Balaban J connectivity index is 1.82. The van der Waals surface area contributed by atoms with Gasteiger partial charge in [0.15, 0.2) is 0 Å². The third-order valence-corrected chi connectivity index (χ3v) is 3.23. The summed E-state index contributed by atoms with van der Waals surface area (Å²) in [7, 11) is 0. The van der Waals surface area contributed by atoms with Crippen LogP contribution in [-0.4, -0.2) is 5.91 Å². The number of hydrogen-bond donors (Lipinski definition) is 1. The molecule has 1 aliphatic rings. The second-order valence-corrected chi connectivity index (χ2v) is 4.72. The lowest BCUT2D eigenvalue weighted by atomic mass is 10.0. The standard InChI is InChI=1S/C16H15NO2/c1-11(18)17-14-7-8-15-13(9-14)10-16(19-15)12-5-3-2-4-6-12/h2-9,16H,10H2,1H3,(H,17,18). The second-order valence-electron chi connectivity index (χ2n) is 4.72. The summed E-state index contributed by atoms with van der Waals surface area (Å²) < 4.78 is 5.94. The maximum Gasteiger partial charge on any atom is 0.221 e. The zero-order chi connectivity index (χ0) is 13.2. The van der Waals surface area contributed by atoms with Gasteiger partial charge in [0.2, 0.25) is 5.91 Å².